The molecule has 1 atom stereocenters. The summed E-state index contributed by atoms with van der Waals surface area (Å²) in [6.45, 7) is -13.3. The Bertz CT molecular complexity index is 1560. The number of fused-ring (bicyclic) bond motifs is 2. The van der Waals surface area contributed by atoms with Crippen molar-refractivity contribution in [1.82, 2.24) is 9.80 Å². The molecule has 1 aliphatic heterocycles. The van der Waals surface area contributed by atoms with Gasteiger partial charge in [0.1, 0.15) is 0 Å². The Kier molecular flexibility index (Phi) is 3.77. The molecule has 0 N–H and O–H groups in total. The van der Waals surface area contributed by atoms with Crippen LogP contribution < -0.4 is 18.9 Å². The van der Waals surface area contributed by atoms with Gasteiger partial charge in [-0.2, -0.15) is 0 Å². The first-order valence-electron chi connectivity index (χ1n) is 17.6. The van der Waals surface area contributed by atoms with Crippen LogP contribution in [0, 0.1) is 0 Å². The van der Waals surface area contributed by atoms with Gasteiger partial charge in [0.05, 0.1) is 38.9 Å². The summed E-state index contributed by atoms with van der Waals surface area (Å²) in [5.41, 5.74) is 0.607. The van der Waals surface area contributed by atoms with Crippen LogP contribution in [0.2, 0.25) is 0 Å². The molecule has 1 aliphatic carbocycles. The number of carbonyl (C=O) groups is 1. The molecule has 1 unspecified atom stereocenters. The predicted molar refractivity (Wildman–Crippen MR) is 132 cm³/mol. The lowest BCUT2D eigenvalue weighted by molar-refractivity contribution is -0.130. The first-order chi connectivity index (χ1) is 21.8. The van der Waals surface area contributed by atoms with E-state index in [0.29, 0.717) is 10.5 Å². The average Bonchev–Trinajstić information content (AvgIpc) is 2.96. The van der Waals surface area contributed by atoms with Gasteiger partial charge in [-0.05, 0) is 79.2 Å². The van der Waals surface area contributed by atoms with Gasteiger partial charge in [-0.25, -0.2) is 0 Å². The number of hydrogen-bond donors (Lipinski definition) is 0. The Morgan fingerprint density at radius 3 is 2.38 bits per heavy atom. The molecule has 0 aromatic heterocycles. The number of methoxy groups -OCH3 is 4. The van der Waals surface area contributed by atoms with Crippen LogP contribution in [-0.4, -0.2) is 77.1 Å². The first kappa shape index (κ1) is 12.2. The zero-order valence-electron chi connectivity index (χ0n) is 33.2. The number of likely N-dealkylation sites (N-methyl/N-ethyl adjacent to an activating group) is 1. The van der Waals surface area contributed by atoms with Crippen molar-refractivity contribution in [3.8, 4) is 23.0 Å². The second-order valence-electron chi connectivity index (χ2n) is 7.76. The summed E-state index contributed by atoms with van der Waals surface area (Å²) >= 11 is 0. The number of hydrogen-bond acceptors (Lipinski definition) is 6. The van der Waals surface area contributed by atoms with Crippen molar-refractivity contribution in [2.45, 2.75) is 31.6 Å². The fraction of sp³-hybridized carbons (Fsp3) is 0.519. The molecular formula is C27H36N2O5. The Labute approximate surface area is 222 Å². The van der Waals surface area contributed by atoms with Crippen LogP contribution in [0.25, 0.3) is 0 Å². The van der Waals surface area contributed by atoms with Gasteiger partial charge in [0, 0.05) is 40.5 Å². The summed E-state index contributed by atoms with van der Waals surface area (Å²) in [6, 6.07) is 5.23. The van der Waals surface area contributed by atoms with E-state index in [1.807, 2.05) is 0 Å². The number of amides is 1. The highest BCUT2D eigenvalue weighted by Gasteiger charge is 2.29. The molecule has 0 bridgehead atoms. The second kappa shape index (κ2) is 10.6. The SMILES string of the molecule is [2H]C([2H])([2H])Oc1cc2c(cc1OC)CC2C([2H])([2H])N(C([2H])([2H])[2H])C([2H])([2H])CCN1C(=O)Cc2cc(OC)c(OC)cc2C([2H])([2H])C1([2H])[2H]. The molecule has 1 heterocycles. The number of aryl methyl sites for hydroxylation is 1. The molecule has 0 radical (unpaired) electrons. The number of rotatable bonds is 10. The molecule has 7 heteroatoms. The van der Waals surface area contributed by atoms with Crippen molar-refractivity contribution < 1.29 is 42.9 Å². The van der Waals surface area contributed by atoms with E-state index in [1.54, 1.807) is 0 Å². The minimum Gasteiger partial charge on any atom is -0.493 e. The maximum Gasteiger partial charge on any atom is 0.227 e. The van der Waals surface area contributed by atoms with E-state index in [0.717, 1.165) is 0 Å². The quantitative estimate of drug-likeness (QED) is 0.518. The molecular weight excluding hydrogens is 432 g/mol. The Morgan fingerprint density at radius 1 is 1.03 bits per heavy atom. The van der Waals surface area contributed by atoms with Crippen LogP contribution in [0.5, 0.6) is 23.0 Å². The van der Waals surface area contributed by atoms with Gasteiger partial charge in [-0.15, -0.1) is 0 Å². The fourth-order valence-corrected chi connectivity index (χ4v) is 3.96. The summed E-state index contributed by atoms with van der Waals surface area (Å²) in [5, 5.41) is 0. The maximum atomic E-state index is 13.5. The molecule has 34 heavy (non-hydrogen) atoms. The third kappa shape index (κ3) is 4.94. The van der Waals surface area contributed by atoms with Gasteiger partial charge in [0.15, 0.2) is 23.0 Å². The highest BCUT2D eigenvalue weighted by Crippen LogP contribution is 2.42. The van der Waals surface area contributed by atoms with Gasteiger partial charge in [0.25, 0.3) is 0 Å². The summed E-state index contributed by atoms with van der Waals surface area (Å²) < 4.78 is 138. The molecule has 184 valence electrons. The van der Waals surface area contributed by atoms with E-state index < -0.39 is 71.1 Å². The van der Waals surface area contributed by atoms with Crippen molar-refractivity contribution in [3.63, 3.8) is 0 Å². The topological polar surface area (TPSA) is 60.5 Å². The lowest BCUT2D eigenvalue weighted by Crippen LogP contribution is -2.36. The fourth-order valence-electron chi connectivity index (χ4n) is 3.96. The van der Waals surface area contributed by atoms with Gasteiger partial charge in [-0.1, -0.05) is 0 Å². The average molecular weight is 483 g/mol. The highest BCUT2D eigenvalue weighted by molar-refractivity contribution is 5.80. The number of benzene rings is 2. The van der Waals surface area contributed by atoms with Crippen molar-refractivity contribution >= 4 is 5.91 Å². The summed E-state index contributed by atoms with van der Waals surface area (Å²) in [6.07, 6.45) is -4.34. The number of carbonyl (C=O) groups excluding carboxylic acids is 1. The van der Waals surface area contributed by atoms with E-state index in [-0.39, 0.29) is 51.0 Å². The van der Waals surface area contributed by atoms with Crippen molar-refractivity contribution in [2.24, 2.45) is 0 Å². The standard InChI is InChI=1S/C27H36N2O5/c1-28(17-21-11-20-14-25(33-4)26(34-5)16-22(20)21)8-6-9-29-10-7-18-12-23(31-2)24(32-3)13-19(18)15-27(29)30/h12-14,16,21H,6-11,15,17H2,1-5H3/i1D3,5D3,7D2,8D2,10D2,17D2. The largest absolute Gasteiger partial charge is 0.493 e. The molecule has 2 aliphatic rings. The predicted octanol–water partition coefficient (Wildman–Crippen LogP) is 3.31. The van der Waals surface area contributed by atoms with Crippen LogP contribution >= 0.6 is 0 Å². The summed E-state index contributed by atoms with van der Waals surface area (Å²) in [5.74, 6) is -2.11. The Balaban J connectivity index is 1.67. The lowest BCUT2D eigenvalue weighted by Gasteiger charge is -2.34. The van der Waals surface area contributed by atoms with Crippen LogP contribution in [0.4, 0.5) is 0 Å². The molecule has 1 amide bonds. The normalized spacial score (nSPS) is 27.6. The molecule has 2 aromatic rings. The molecule has 7 nitrogen and oxygen atoms in total. The van der Waals surface area contributed by atoms with Crippen LogP contribution in [0.15, 0.2) is 24.3 Å². The second-order valence-corrected chi connectivity index (χ2v) is 7.76. The lowest BCUT2D eigenvalue weighted by atomic mass is 9.77. The molecule has 0 saturated carbocycles. The van der Waals surface area contributed by atoms with Gasteiger partial charge in [0.2, 0.25) is 5.91 Å². The van der Waals surface area contributed by atoms with Gasteiger partial charge in [-0.3, -0.25) is 4.79 Å². The molecule has 4 rings (SSSR count). The molecule has 2 aromatic carbocycles. The van der Waals surface area contributed by atoms with E-state index >= 15 is 0 Å². The van der Waals surface area contributed by atoms with E-state index in [2.05, 4.69) is 0 Å². The van der Waals surface area contributed by atoms with Gasteiger partial charge < -0.3 is 28.7 Å². The summed E-state index contributed by atoms with van der Waals surface area (Å²) in [4.78, 5) is 14.0. The minimum absolute atomic E-state index is 0.0477. The molecule has 0 fully saturated rings. The van der Waals surface area contributed by atoms with E-state index in [4.69, 9.17) is 38.1 Å². The van der Waals surface area contributed by atoms with Crippen molar-refractivity contribution in [1.29, 1.82) is 0 Å². The molecule has 0 saturated heterocycles. The summed E-state index contributed by atoms with van der Waals surface area (Å²) in [7, 11) is 1.04. The van der Waals surface area contributed by atoms with Crippen LogP contribution in [0.3, 0.4) is 0 Å². The van der Waals surface area contributed by atoms with Crippen molar-refractivity contribution in [3.05, 3.63) is 46.5 Å². The van der Waals surface area contributed by atoms with E-state index in [9.17, 15) is 4.79 Å². The van der Waals surface area contributed by atoms with Crippen LogP contribution in [-0.2, 0) is 24.0 Å². The zero-order chi connectivity index (χ0) is 36.4. The third-order valence-electron chi connectivity index (χ3n) is 5.80. The molecule has 0 spiro atoms. The number of ether oxygens (including phenoxy) is 4. The highest BCUT2D eigenvalue weighted by atomic mass is 16.5. The Hall–Kier alpha value is -2.93. The smallest absolute Gasteiger partial charge is 0.227 e. The maximum absolute atomic E-state index is 13.5. The monoisotopic (exact) mass is 482 g/mol. The van der Waals surface area contributed by atoms with Crippen molar-refractivity contribution in [2.75, 3.05) is 61.4 Å². The first-order valence-corrected chi connectivity index (χ1v) is 10.6. The Morgan fingerprint density at radius 2 is 1.71 bits per heavy atom. The van der Waals surface area contributed by atoms with E-state index in [1.165, 1.54) is 45.6 Å². The number of nitrogens with zero attached hydrogens (tertiary/aromatic N) is 2. The van der Waals surface area contributed by atoms with Crippen LogP contribution in [0.1, 0.15) is 53.8 Å². The van der Waals surface area contributed by atoms with Gasteiger partial charge >= 0.3 is 0 Å². The third-order valence-corrected chi connectivity index (χ3v) is 5.80. The minimum atomic E-state index is -3.40. The zero-order valence-corrected chi connectivity index (χ0v) is 19.2.